The molecule has 0 unspecified atom stereocenters. The lowest BCUT2D eigenvalue weighted by atomic mass is 9.99. The minimum atomic E-state index is -4.79. The average molecular weight is 363 g/mol. The summed E-state index contributed by atoms with van der Waals surface area (Å²) < 4.78 is 45.1. The van der Waals surface area contributed by atoms with Gasteiger partial charge in [0.15, 0.2) is 0 Å². The Morgan fingerprint density at radius 3 is 2.16 bits per heavy atom. The van der Waals surface area contributed by atoms with E-state index < -0.39 is 35.7 Å². The van der Waals surface area contributed by atoms with Crippen molar-refractivity contribution in [3.05, 3.63) is 29.8 Å². The fourth-order valence-corrected chi connectivity index (χ4v) is 1.88. The van der Waals surface area contributed by atoms with Gasteiger partial charge in [-0.3, -0.25) is 4.79 Å². The number of nitrogens with one attached hydrogen (secondary N) is 1. The third-order valence-corrected chi connectivity index (χ3v) is 2.88. The molecule has 0 radical (unpaired) electrons. The van der Waals surface area contributed by atoms with Crippen LogP contribution in [0.2, 0.25) is 0 Å². The van der Waals surface area contributed by atoms with Crippen LogP contribution in [-0.4, -0.2) is 35.7 Å². The first kappa shape index (κ1) is 20.6. The van der Waals surface area contributed by atoms with Crippen LogP contribution in [0.4, 0.5) is 18.0 Å². The first-order valence-electron chi connectivity index (χ1n) is 7.40. The van der Waals surface area contributed by atoms with Crippen LogP contribution >= 0.6 is 0 Å². The Bertz CT molecular complexity index is 593. The largest absolute Gasteiger partial charge is 0.573 e. The number of rotatable bonds is 6. The summed E-state index contributed by atoms with van der Waals surface area (Å²) in [4.78, 5) is 22.9. The lowest BCUT2D eigenvalue weighted by Gasteiger charge is -2.21. The molecule has 25 heavy (non-hydrogen) atoms. The highest BCUT2D eigenvalue weighted by Gasteiger charge is 2.31. The molecule has 1 aromatic carbocycles. The lowest BCUT2D eigenvalue weighted by Crippen LogP contribution is -2.37. The number of alkyl carbamates (subject to hydrolysis) is 1. The standard InChI is InChI=1S/C16H20F3NO5/c1-15(2,3)25-14(23)20-9-11(13(21)22)8-10-4-6-12(7-5-10)24-16(17,18)19/h4-7,11H,8-9H2,1-3H3,(H,20,23)(H,21,22)/t11-/m0/s1. The summed E-state index contributed by atoms with van der Waals surface area (Å²) in [5.74, 6) is -2.50. The van der Waals surface area contributed by atoms with Gasteiger partial charge in [0.2, 0.25) is 0 Å². The van der Waals surface area contributed by atoms with Crippen molar-refractivity contribution in [3.63, 3.8) is 0 Å². The number of aliphatic carboxylic acids is 1. The Hall–Kier alpha value is -2.45. The third-order valence-electron chi connectivity index (χ3n) is 2.88. The molecular formula is C16H20F3NO5. The second kappa shape index (κ2) is 8.09. The van der Waals surface area contributed by atoms with Crippen molar-refractivity contribution < 1.29 is 37.3 Å². The predicted molar refractivity (Wildman–Crippen MR) is 82.2 cm³/mol. The van der Waals surface area contributed by atoms with Crippen LogP contribution in [0.25, 0.3) is 0 Å². The molecule has 0 aliphatic carbocycles. The van der Waals surface area contributed by atoms with E-state index in [0.717, 1.165) is 12.1 Å². The second-order valence-corrected chi connectivity index (χ2v) is 6.31. The normalized spacial score (nSPS) is 13.0. The molecule has 0 fully saturated rings. The van der Waals surface area contributed by atoms with Crippen molar-refractivity contribution in [2.75, 3.05) is 6.54 Å². The number of amides is 1. The topological polar surface area (TPSA) is 84.9 Å². The maximum absolute atomic E-state index is 12.1. The summed E-state index contributed by atoms with van der Waals surface area (Å²) in [6.07, 6.45) is -5.51. The molecule has 2 N–H and O–H groups in total. The fourth-order valence-electron chi connectivity index (χ4n) is 1.88. The number of benzene rings is 1. The van der Waals surface area contributed by atoms with E-state index in [1.165, 1.54) is 12.1 Å². The van der Waals surface area contributed by atoms with E-state index in [1.54, 1.807) is 20.8 Å². The summed E-state index contributed by atoms with van der Waals surface area (Å²) in [6, 6.07) is 4.88. The number of hydrogen-bond acceptors (Lipinski definition) is 4. The Morgan fingerprint density at radius 2 is 1.72 bits per heavy atom. The van der Waals surface area contributed by atoms with Crippen LogP contribution in [0.1, 0.15) is 26.3 Å². The van der Waals surface area contributed by atoms with Gasteiger partial charge in [0.25, 0.3) is 0 Å². The number of carbonyl (C=O) groups excluding carboxylic acids is 1. The third kappa shape index (κ3) is 8.83. The highest BCUT2D eigenvalue weighted by Crippen LogP contribution is 2.23. The number of alkyl halides is 3. The van der Waals surface area contributed by atoms with Gasteiger partial charge < -0.3 is 19.9 Å². The van der Waals surface area contributed by atoms with E-state index in [0.29, 0.717) is 5.56 Å². The molecule has 0 bridgehead atoms. The molecule has 0 aliphatic heterocycles. The molecule has 0 saturated carbocycles. The summed E-state index contributed by atoms with van der Waals surface area (Å²) in [5.41, 5.74) is -0.218. The van der Waals surface area contributed by atoms with Gasteiger partial charge in [0, 0.05) is 6.54 Å². The van der Waals surface area contributed by atoms with Crippen LogP contribution < -0.4 is 10.1 Å². The second-order valence-electron chi connectivity index (χ2n) is 6.31. The maximum Gasteiger partial charge on any atom is 0.573 e. The minimum absolute atomic E-state index is 0.0252. The van der Waals surface area contributed by atoms with E-state index >= 15 is 0 Å². The SMILES string of the molecule is CC(C)(C)OC(=O)NC[C@H](Cc1ccc(OC(F)(F)F)cc1)C(=O)O. The first-order valence-corrected chi connectivity index (χ1v) is 7.40. The van der Waals surface area contributed by atoms with Crippen molar-refractivity contribution in [2.45, 2.75) is 39.2 Å². The minimum Gasteiger partial charge on any atom is -0.481 e. The molecule has 1 amide bonds. The Balaban J connectivity index is 2.63. The Morgan fingerprint density at radius 1 is 1.16 bits per heavy atom. The molecule has 0 spiro atoms. The van der Waals surface area contributed by atoms with Crippen LogP contribution in [0.15, 0.2) is 24.3 Å². The van der Waals surface area contributed by atoms with Gasteiger partial charge in [-0.05, 0) is 44.9 Å². The summed E-state index contributed by atoms with van der Waals surface area (Å²) in [7, 11) is 0. The number of ether oxygens (including phenoxy) is 2. The summed E-state index contributed by atoms with van der Waals surface area (Å²) in [6.45, 7) is 4.84. The van der Waals surface area contributed by atoms with Gasteiger partial charge in [0.05, 0.1) is 5.92 Å². The van der Waals surface area contributed by atoms with Gasteiger partial charge >= 0.3 is 18.4 Å². The smallest absolute Gasteiger partial charge is 0.481 e. The number of carbonyl (C=O) groups is 2. The van der Waals surface area contributed by atoms with Crippen molar-refractivity contribution in [3.8, 4) is 5.75 Å². The zero-order valence-corrected chi connectivity index (χ0v) is 14.0. The van der Waals surface area contributed by atoms with Crippen LogP contribution in [0.3, 0.4) is 0 Å². The number of hydrogen-bond donors (Lipinski definition) is 2. The monoisotopic (exact) mass is 363 g/mol. The number of halogens is 3. The fraction of sp³-hybridized carbons (Fsp3) is 0.500. The van der Waals surface area contributed by atoms with Crippen LogP contribution in [-0.2, 0) is 16.0 Å². The Kier molecular flexibility index (Phi) is 6.66. The van der Waals surface area contributed by atoms with E-state index in [-0.39, 0.29) is 13.0 Å². The van der Waals surface area contributed by atoms with E-state index in [4.69, 9.17) is 4.74 Å². The van der Waals surface area contributed by atoms with E-state index in [1.807, 2.05) is 0 Å². The molecule has 0 saturated heterocycles. The first-order chi connectivity index (χ1) is 11.4. The molecule has 1 aromatic rings. The van der Waals surface area contributed by atoms with E-state index in [9.17, 15) is 27.9 Å². The van der Waals surface area contributed by atoms with Crippen molar-refractivity contribution in [2.24, 2.45) is 5.92 Å². The maximum atomic E-state index is 12.1. The van der Waals surface area contributed by atoms with Gasteiger partial charge in [-0.1, -0.05) is 12.1 Å². The molecule has 1 atom stereocenters. The van der Waals surface area contributed by atoms with Gasteiger partial charge in [-0.25, -0.2) is 4.79 Å². The molecule has 6 nitrogen and oxygen atoms in total. The summed E-state index contributed by atoms with van der Waals surface area (Å²) >= 11 is 0. The predicted octanol–water partition coefficient (Wildman–Crippen LogP) is 3.35. The van der Waals surface area contributed by atoms with Crippen molar-refractivity contribution >= 4 is 12.1 Å². The van der Waals surface area contributed by atoms with Crippen molar-refractivity contribution in [1.29, 1.82) is 0 Å². The molecular weight excluding hydrogens is 343 g/mol. The zero-order chi connectivity index (χ0) is 19.3. The zero-order valence-electron chi connectivity index (χ0n) is 14.0. The quantitative estimate of drug-likeness (QED) is 0.810. The number of carboxylic acids is 1. The van der Waals surface area contributed by atoms with Gasteiger partial charge in [0.1, 0.15) is 11.4 Å². The molecule has 0 aromatic heterocycles. The average Bonchev–Trinajstić information content (AvgIpc) is 2.41. The molecule has 9 heteroatoms. The highest BCUT2D eigenvalue weighted by atomic mass is 19.4. The molecule has 140 valence electrons. The molecule has 1 rings (SSSR count). The molecule has 0 aliphatic rings. The van der Waals surface area contributed by atoms with Gasteiger partial charge in [-0.2, -0.15) is 0 Å². The van der Waals surface area contributed by atoms with Crippen LogP contribution in [0, 0.1) is 5.92 Å². The van der Waals surface area contributed by atoms with Crippen molar-refractivity contribution in [1.82, 2.24) is 5.32 Å². The molecule has 0 heterocycles. The number of carboxylic acid groups (broad SMARTS) is 1. The Labute approximate surface area is 142 Å². The lowest BCUT2D eigenvalue weighted by molar-refractivity contribution is -0.274. The van der Waals surface area contributed by atoms with Gasteiger partial charge in [-0.15, -0.1) is 13.2 Å². The van der Waals surface area contributed by atoms with E-state index in [2.05, 4.69) is 10.1 Å². The van der Waals surface area contributed by atoms with Crippen LogP contribution in [0.5, 0.6) is 5.75 Å². The summed E-state index contributed by atoms with van der Waals surface area (Å²) in [5, 5.41) is 11.6. The highest BCUT2D eigenvalue weighted by molar-refractivity contribution is 5.73.